The molecule has 0 saturated carbocycles. The van der Waals surface area contributed by atoms with Crippen LogP contribution in [0.1, 0.15) is 27.3 Å². The summed E-state index contributed by atoms with van der Waals surface area (Å²) in [4.78, 5) is 16.7. The molecule has 1 aliphatic heterocycles. The zero-order chi connectivity index (χ0) is 20.4. The first kappa shape index (κ1) is 19.7. The molecular formula is C23H26ClN4O+. The van der Waals surface area contributed by atoms with E-state index in [-0.39, 0.29) is 5.91 Å². The van der Waals surface area contributed by atoms with Gasteiger partial charge in [-0.25, -0.2) is 4.68 Å². The molecule has 3 aromatic rings. The van der Waals surface area contributed by atoms with E-state index >= 15 is 0 Å². The maximum atomic E-state index is 13.2. The van der Waals surface area contributed by atoms with Crippen LogP contribution in [0, 0.1) is 13.8 Å². The summed E-state index contributed by atoms with van der Waals surface area (Å²) in [5.41, 5.74) is 4.62. The summed E-state index contributed by atoms with van der Waals surface area (Å²) in [7, 11) is 0. The third-order valence-corrected chi connectivity index (χ3v) is 5.84. The third kappa shape index (κ3) is 4.21. The zero-order valence-corrected chi connectivity index (χ0v) is 17.6. The highest BCUT2D eigenvalue weighted by Gasteiger charge is 2.28. The number of nitrogens with one attached hydrogen (secondary N) is 1. The van der Waals surface area contributed by atoms with Crippen LogP contribution < -0.4 is 4.90 Å². The molecule has 0 atom stereocenters. The Hall–Kier alpha value is -2.63. The highest BCUT2D eigenvalue weighted by Crippen LogP contribution is 2.19. The molecule has 1 fully saturated rings. The number of hydrogen-bond acceptors (Lipinski definition) is 2. The number of piperazine rings is 1. The van der Waals surface area contributed by atoms with E-state index in [4.69, 9.17) is 11.6 Å². The molecule has 5 nitrogen and oxygen atoms in total. The van der Waals surface area contributed by atoms with Gasteiger partial charge in [-0.05, 0) is 38.1 Å². The van der Waals surface area contributed by atoms with Crippen molar-refractivity contribution in [3.8, 4) is 5.69 Å². The van der Waals surface area contributed by atoms with E-state index in [1.54, 1.807) is 0 Å². The Morgan fingerprint density at radius 1 is 1.07 bits per heavy atom. The van der Waals surface area contributed by atoms with E-state index < -0.39 is 0 Å². The molecule has 0 unspecified atom stereocenters. The van der Waals surface area contributed by atoms with E-state index in [0.717, 1.165) is 60.4 Å². The first-order valence-corrected chi connectivity index (χ1v) is 10.4. The third-order valence-electron chi connectivity index (χ3n) is 5.61. The number of nitrogens with zero attached hydrogens (tertiary/aromatic N) is 3. The molecule has 0 spiro atoms. The van der Waals surface area contributed by atoms with Crippen LogP contribution in [0.25, 0.3) is 5.69 Å². The van der Waals surface area contributed by atoms with Gasteiger partial charge in [0.05, 0.1) is 48.8 Å². The van der Waals surface area contributed by atoms with Gasteiger partial charge in [-0.2, -0.15) is 5.10 Å². The Balaban J connectivity index is 1.44. The first-order chi connectivity index (χ1) is 14.0. The van der Waals surface area contributed by atoms with Gasteiger partial charge in [0.25, 0.3) is 5.91 Å². The first-order valence-electron chi connectivity index (χ1n) is 10.0. The number of aromatic nitrogens is 2. The SMILES string of the molecule is Cc1nn(-c2ccccc2)c(C)c1C(=O)N1CC[NH+](Cc2cccc(Cl)c2)CC1. The molecule has 0 aliphatic carbocycles. The lowest BCUT2D eigenvalue weighted by Gasteiger charge is -2.32. The van der Waals surface area contributed by atoms with Gasteiger partial charge in [0, 0.05) is 10.6 Å². The van der Waals surface area contributed by atoms with E-state index in [1.165, 1.54) is 10.5 Å². The minimum atomic E-state index is 0.0870. The van der Waals surface area contributed by atoms with Crippen LogP contribution in [0.15, 0.2) is 54.6 Å². The average Bonchev–Trinajstić information content (AvgIpc) is 3.03. The van der Waals surface area contributed by atoms with Gasteiger partial charge in [0.1, 0.15) is 6.54 Å². The molecule has 0 radical (unpaired) electrons. The maximum absolute atomic E-state index is 13.2. The summed E-state index contributed by atoms with van der Waals surface area (Å²) in [6.45, 7) is 8.20. The van der Waals surface area contributed by atoms with Gasteiger partial charge in [-0.3, -0.25) is 4.79 Å². The molecule has 1 saturated heterocycles. The van der Waals surface area contributed by atoms with Gasteiger partial charge < -0.3 is 9.80 Å². The molecule has 6 heteroatoms. The second kappa shape index (κ2) is 8.39. The van der Waals surface area contributed by atoms with Crippen molar-refractivity contribution in [2.45, 2.75) is 20.4 Å². The van der Waals surface area contributed by atoms with E-state index in [2.05, 4.69) is 11.2 Å². The second-order valence-corrected chi connectivity index (χ2v) is 8.08. The molecule has 1 N–H and O–H groups in total. The van der Waals surface area contributed by atoms with Crippen LogP contribution in [0.5, 0.6) is 0 Å². The van der Waals surface area contributed by atoms with E-state index in [1.807, 2.05) is 72.0 Å². The van der Waals surface area contributed by atoms with Gasteiger partial charge in [0.15, 0.2) is 0 Å². The Kier molecular flexibility index (Phi) is 5.69. The van der Waals surface area contributed by atoms with Crippen LogP contribution in [-0.2, 0) is 6.54 Å². The standard InChI is InChI=1S/C23H25ClN4O/c1-17-22(18(2)28(25-17)21-9-4-3-5-10-21)23(29)27-13-11-26(12-14-27)16-19-7-6-8-20(24)15-19/h3-10,15H,11-14,16H2,1-2H3/p+1. The average molecular weight is 410 g/mol. The maximum Gasteiger partial charge on any atom is 0.258 e. The van der Waals surface area contributed by atoms with Crippen molar-refractivity contribution < 1.29 is 9.69 Å². The minimum absolute atomic E-state index is 0.0870. The Morgan fingerprint density at radius 3 is 2.48 bits per heavy atom. The molecule has 1 aromatic heterocycles. The molecule has 2 heterocycles. The zero-order valence-electron chi connectivity index (χ0n) is 16.9. The van der Waals surface area contributed by atoms with Crippen molar-refractivity contribution in [3.63, 3.8) is 0 Å². The Bertz CT molecular complexity index is 1010. The van der Waals surface area contributed by atoms with Crippen molar-refractivity contribution in [3.05, 3.63) is 82.1 Å². The van der Waals surface area contributed by atoms with Crippen molar-refractivity contribution in [1.82, 2.24) is 14.7 Å². The van der Waals surface area contributed by atoms with E-state index in [9.17, 15) is 4.79 Å². The Morgan fingerprint density at radius 2 is 1.79 bits per heavy atom. The number of aryl methyl sites for hydroxylation is 1. The number of carbonyl (C=O) groups excluding carboxylic acids is 1. The Labute approximate surface area is 176 Å². The number of rotatable bonds is 4. The van der Waals surface area contributed by atoms with Crippen LogP contribution in [0.3, 0.4) is 0 Å². The van der Waals surface area contributed by atoms with Crippen LogP contribution in [-0.4, -0.2) is 46.8 Å². The monoisotopic (exact) mass is 409 g/mol. The second-order valence-electron chi connectivity index (χ2n) is 7.64. The van der Waals surface area contributed by atoms with Gasteiger partial charge in [-0.1, -0.05) is 41.9 Å². The fourth-order valence-corrected chi connectivity index (χ4v) is 4.28. The van der Waals surface area contributed by atoms with Gasteiger partial charge >= 0.3 is 0 Å². The van der Waals surface area contributed by atoms with Crippen LogP contribution >= 0.6 is 11.6 Å². The fraction of sp³-hybridized carbons (Fsp3) is 0.304. The summed E-state index contributed by atoms with van der Waals surface area (Å²) >= 11 is 6.10. The quantitative estimate of drug-likeness (QED) is 0.720. The summed E-state index contributed by atoms with van der Waals surface area (Å²) in [6, 6.07) is 18.0. The molecule has 1 aliphatic rings. The summed E-state index contributed by atoms with van der Waals surface area (Å²) in [6.07, 6.45) is 0. The number of benzene rings is 2. The lowest BCUT2D eigenvalue weighted by molar-refractivity contribution is -0.917. The largest absolute Gasteiger partial charge is 0.328 e. The number of quaternary nitrogens is 1. The fourth-order valence-electron chi connectivity index (χ4n) is 4.07. The minimum Gasteiger partial charge on any atom is -0.328 e. The topological polar surface area (TPSA) is 42.6 Å². The normalized spacial score (nSPS) is 14.9. The molecule has 4 rings (SSSR count). The molecule has 150 valence electrons. The lowest BCUT2D eigenvalue weighted by Crippen LogP contribution is -3.13. The highest BCUT2D eigenvalue weighted by molar-refractivity contribution is 6.30. The molecular weight excluding hydrogens is 384 g/mol. The molecule has 1 amide bonds. The van der Waals surface area contributed by atoms with Crippen LogP contribution in [0.4, 0.5) is 0 Å². The summed E-state index contributed by atoms with van der Waals surface area (Å²) in [5.74, 6) is 0.0870. The molecule has 29 heavy (non-hydrogen) atoms. The number of carbonyl (C=O) groups is 1. The predicted molar refractivity (Wildman–Crippen MR) is 115 cm³/mol. The molecule has 2 aromatic carbocycles. The number of hydrogen-bond donors (Lipinski definition) is 1. The smallest absolute Gasteiger partial charge is 0.258 e. The lowest BCUT2D eigenvalue weighted by atomic mass is 10.1. The van der Waals surface area contributed by atoms with Crippen LogP contribution in [0.2, 0.25) is 5.02 Å². The highest BCUT2D eigenvalue weighted by atomic mass is 35.5. The predicted octanol–water partition coefficient (Wildman–Crippen LogP) is 2.68. The number of amides is 1. The molecule has 0 bridgehead atoms. The van der Waals surface area contributed by atoms with Gasteiger partial charge in [-0.15, -0.1) is 0 Å². The van der Waals surface area contributed by atoms with Gasteiger partial charge in [0.2, 0.25) is 0 Å². The van der Waals surface area contributed by atoms with Crippen molar-refractivity contribution in [2.75, 3.05) is 26.2 Å². The van der Waals surface area contributed by atoms with E-state index in [0.29, 0.717) is 0 Å². The summed E-state index contributed by atoms with van der Waals surface area (Å²) < 4.78 is 1.86. The summed E-state index contributed by atoms with van der Waals surface area (Å²) in [5, 5.41) is 5.40. The van der Waals surface area contributed by atoms with Crippen molar-refractivity contribution >= 4 is 17.5 Å². The van der Waals surface area contributed by atoms with Crippen molar-refractivity contribution in [2.24, 2.45) is 0 Å². The number of halogens is 1. The number of para-hydroxylation sites is 1. The van der Waals surface area contributed by atoms with Crippen molar-refractivity contribution in [1.29, 1.82) is 0 Å².